The summed E-state index contributed by atoms with van der Waals surface area (Å²) >= 11 is 15.3. The lowest BCUT2D eigenvalue weighted by atomic mass is 10.1. The zero-order valence-corrected chi connectivity index (χ0v) is 19.0. The van der Waals surface area contributed by atoms with Crippen LogP contribution in [0.25, 0.3) is 6.08 Å². The van der Waals surface area contributed by atoms with Gasteiger partial charge < -0.3 is 9.47 Å². The van der Waals surface area contributed by atoms with E-state index in [9.17, 15) is 14.4 Å². The number of terminal acetylenes is 1. The van der Waals surface area contributed by atoms with Crippen LogP contribution in [0.3, 0.4) is 0 Å². The van der Waals surface area contributed by atoms with Crippen molar-refractivity contribution < 1.29 is 23.9 Å². The second-order valence-corrected chi connectivity index (χ2v) is 7.75. The number of carbonyl (C=O) groups is 3. The van der Waals surface area contributed by atoms with Crippen LogP contribution in [0.4, 0.5) is 10.5 Å². The van der Waals surface area contributed by atoms with Crippen molar-refractivity contribution in [1.82, 2.24) is 5.32 Å². The van der Waals surface area contributed by atoms with Gasteiger partial charge in [-0.2, -0.15) is 0 Å². The van der Waals surface area contributed by atoms with Crippen molar-refractivity contribution in [3.8, 4) is 23.8 Å². The van der Waals surface area contributed by atoms with Gasteiger partial charge in [0.15, 0.2) is 11.5 Å². The molecule has 0 bridgehead atoms. The van der Waals surface area contributed by atoms with Gasteiger partial charge in [0.25, 0.3) is 11.8 Å². The molecule has 10 heteroatoms. The highest BCUT2D eigenvalue weighted by molar-refractivity contribution is 9.10. The van der Waals surface area contributed by atoms with Gasteiger partial charge >= 0.3 is 6.03 Å². The highest BCUT2D eigenvalue weighted by Crippen LogP contribution is 2.37. The lowest BCUT2D eigenvalue weighted by molar-refractivity contribution is -0.122. The minimum Gasteiger partial charge on any atom is -0.493 e. The zero-order chi connectivity index (χ0) is 22.7. The Morgan fingerprint density at radius 2 is 1.94 bits per heavy atom. The predicted octanol–water partition coefficient (Wildman–Crippen LogP) is 4.44. The summed E-state index contributed by atoms with van der Waals surface area (Å²) in [6, 6.07) is 6.51. The number of benzene rings is 2. The van der Waals surface area contributed by atoms with E-state index in [2.05, 4.69) is 27.2 Å². The van der Waals surface area contributed by atoms with E-state index in [1.54, 1.807) is 12.1 Å². The Morgan fingerprint density at radius 3 is 2.58 bits per heavy atom. The molecule has 1 heterocycles. The zero-order valence-electron chi connectivity index (χ0n) is 15.9. The van der Waals surface area contributed by atoms with Gasteiger partial charge in [-0.3, -0.25) is 14.9 Å². The van der Waals surface area contributed by atoms with Crippen LogP contribution in [0.5, 0.6) is 11.5 Å². The predicted molar refractivity (Wildman–Crippen MR) is 120 cm³/mol. The van der Waals surface area contributed by atoms with Crippen LogP contribution in [-0.2, 0) is 9.59 Å². The Bertz CT molecular complexity index is 1170. The maximum absolute atomic E-state index is 13.0. The van der Waals surface area contributed by atoms with Crippen molar-refractivity contribution in [3.63, 3.8) is 0 Å². The Balaban J connectivity index is 2.03. The first kappa shape index (κ1) is 22.7. The van der Waals surface area contributed by atoms with Crippen molar-refractivity contribution in [2.75, 3.05) is 18.6 Å². The Labute approximate surface area is 196 Å². The summed E-state index contributed by atoms with van der Waals surface area (Å²) in [4.78, 5) is 38.5. The quantitative estimate of drug-likeness (QED) is 0.355. The third-order valence-electron chi connectivity index (χ3n) is 4.13. The van der Waals surface area contributed by atoms with Gasteiger partial charge in [-0.15, -0.1) is 6.42 Å². The molecule has 0 aliphatic carbocycles. The number of barbiturate groups is 1. The van der Waals surface area contributed by atoms with Crippen LogP contribution in [0.2, 0.25) is 10.0 Å². The number of methoxy groups -OCH3 is 1. The van der Waals surface area contributed by atoms with Crippen LogP contribution < -0.4 is 19.7 Å². The molecule has 158 valence electrons. The topological polar surface area (TPSA) is 84.9 Å². The molecule has 0 unspecified atom stereocenters. The summed E-state index contributed by atoms with van der Waals surface area (Å²) in [5, 5.41) is 2.55. The van der Waals surface area contributed by atoms with E-state index in [1.165, 1.54) is 31.4 Å². The van der Waals surface area contributed by atoms with E-state index in [4.69, 9.17) is 39.1 Å². The van der Waals surface area contributed by atoms with Crippen molar-refractivity contribution in [3.05, 3.63) is 56.0 Å². The second-order valence-electron chi connectivity index (χ2n) is 6.08. The number of carbonyl (C=O) groups excluding carboxylic acids is 3. The molecule has 7 nitrogen and oxygen atoms in total. The maximum atomic E-state index is 13.0. The summed E-state index contributed by atoms with van der Waals surface area (Å²) in [7, 11) is 1.44. The number of nitrogens with zero attached hydrogens (tertiary/aromatic N) is 1. The maximum Gasteiger partial charge on any atom is 0.335 e. The molecule has 31 heavy (non-hydrogen) atoms. The van der Waals surface area contributed by atoms with Gasteiger partial charge in [-0.05, 0) is 57.9 Å². The summed E-state index contributed by atoms with van der Waals surface area (Å²) in [6.45, 7) is 0.0248. The van der Waals surface area contributed by atoms with Crippen LogP contribution in [0, 0.1) is 12.3 Å². The molecule has 0 aromatic heterocycles. The first-order chi connectivity index (χ1) is 14.8. The summed E-state index contributed by atoms with van der Waals surface area (Å²) in [6.07, 6.45) is 6.55. The van der Waals surface area contributed by atoms with Gasteiger partial charge in [0, 0.05) is 0 Å². The van der Waals surface area contributed by atoms with E-state index in [0.29, 0.717) is 21.5 Å². The molecule has 0 radical (unpaired) electrons. The average molecular weight is 524 g/mol. The Kier molecular flexibility index (Phi) is 6.91. The molecular weight excluding hydrogens is 511 g/mol. The molecule has 4 amide bonds. The number of anilines is 1. The molecule has 1 N–H and O–H groups in total. The smallest absolute Gasteiger partial charge is 0.335 e. The van der Waals surface area contributed by atoms with Gasteiger partial charge in [-0.1, -0.05) is 29.1 Å². The number of halogens is 3. The second kappa shape index (κ2) is 9.43. The molecule has 2 aromatic rings. The Hall–Kier alpha value is -2.99. The van der Waals surface area contributed by atoms with Crippen LogP contribution in [0.15, 0.2) is 40.4 Å². The highest BCUT2D eigenvalue weighted by atomic mass is 79.9. The van der Waals surface area contributed by atoms with Gasteiger partial charge in [0.05, 0.1) is 27.3 Å². The number of amides is 4. The van der Waals surface area contributed by atoms with Gasteiger partial charge in [-0.25, -0.2) is 9.69 Å². The fourth-order valence-corrected chi connectivity index (χ4v) is 3.63. The van der Waals surface area contributed by atoms with Crippen molar-refractivity contribution >= 4 is 68.7 Å². The summed E-state index contributed by atoms with van der Waals surface area (Å²) in [5.74, 6) is 1.39. The fourth-order valence-electron chi connectivity index (χ4n) is 2.76. The highest BCUT2D eigenvalue weighted by Gasteiger charge is 2.37. The van der Waals surface area contributed by atoms with Crippen LogP contribution in [-0.4, -0.2) is 31.6 Å². The number of nitrogens with one attached hydrogen (secondary N) is 1. The molecule has 0 atom stereocenters. The minimum absolute atomic E-state index is 0.0248. The van der Waals surface area contributed by atoms with E-state index in [1.807, 2.05) is 0 Å². The molecule has 3 rings (SSSR count). The van der Waals surface area contributed by atoms with E-state index >= 15 is 0 Å². The number of rotatable bonds is 5. The van der Waals surface area contributed by atoms with E-state index in [0.717, 1.165) is 4.90 Å². The van der Waals surface area contributed by atoms with Crippen molar-refractivity contribution in [1.29, 1.82) is 0 Å². The summed E-state index contributed by atoms with van der Waals surface area (Å²) < 4.78 is 11.3. The molecule has 1 aliphatic rings. The number of hydrogen-bond acceptors (Lipinski definition) is 5. The lowest BCUT2D eigenvalue weighted by Crippen LogP contribution is -2.54. The van der Waals surface area contributed by atoms with Gasteiger partial charge in [0.2, 0.25) is 0 Å². The number of hydrogen-bond donors (Lipinski definition) is 1. The van der Waals surface area contributed by atoms with Crippen LogP contribution >= 0.6 is 39.1 Å². The van der Waals surface area contributed by atoms with Crippen molar-refractivity contribution in [2.24, 2.45) is 0 Å². The molecule has 1 saturated heterocycles. The average Bonchev–Trinajstić information content (AvgIpc) is 2.72. The van der Waals surface area contributed by atoms with Crippen LogP contribution in [0.1, 0.15) is 5.56 Å². The largest absolute Gasteiger partial charge is 0.493 e. The van der Waals surface area contributed by atoms with Gasteiger partial charge in [0.1, 0.15) is 12.2 Å². The minimum atomic E-state index is -0.901. The Morgan fingerprint density at radius 1 is 1.19 bits per heavy atom. The normalized spacial score (nSPS) is 15.0. The molecule has 1 aliphatic heterocycles. The molecule has 2 aromatic carbocycles. The molecule has 0 spiro atoms. The third kappa shape index (κ3) is 4.69. The van der Waals surface area contributed by atoms with E-state index in [-0.39, 0.29) is 27.9 Å². The first-order valence-electron chi connectivity index (χ1n) is 8.57. The van der Waals surface area contributed by atoms with Crippen molar-refractivity contribution in [2.45, 2.75) is 0 Å². The monoisotopic (exact) mass is 522 g/mol. The number of imide groups is 2. The first-order valence-corrected chi connectivity index (χ1v) is 10.1. The summed E-state index contributed by atoms with van der Waals surface area (Å²) in [5.41, 5.74) is 0.336. The number of ether oxygens (including phenoxy) is 2. The fraction of sp³-hybridized carbons (Fsp3) is 0.0952. The molecule has 0 saturated carbocycles. The number of urea groups is 1. The lowest BCUT2D eigenvalue weighted by Gasteiger charge is -2.26. The molecular formula is C21H13BrCl2N2O5. The van der Waals surface area contributed by atoms with E-state index < -0.39 is 17.8 Å². The third-order valence-corrected chi connectivity index (χ3v) is 5.45. The SMILES string of the molecule is C#CCOc1c(Br)cc(/C=C2\C(=O)NC(=O)N(c3ccc(Cl)c(Cl)c3)C2=O)cc1OC. The standard InChI is InChI=1S/C21H13BrCl2N2O5/c1-3-6-31-18-14(22)8-11(9-17(18)30-2)7-13-19(27)25-21(29)26(20(13)28)12-4-5-15(23)16(24)10-12/h1,4-5,7-10H,6H2,2H3,(H,25,27,29)/b13-7+. The molecule has 1 fully saturated rings.